The van der Waals surface area contributed by atoms with Crippen LogP contribution < -0.4 is 5.73 Å². The summed E-state index contributed by atoms with van der Waals surface area (Å²) in [5.41, 5.74) is 8.20. The van der Waals surface area contributed by atoms with Gasteiger partial charge in [0.05, 0.1) is 5.69 Å². The summed E-state index contributed by atoms with van der Waals surface area (Å²) in [5.74, 6) is 0.336. The minimum Gasteiger partial charge on any atom is -0.384 e. The molecule has 0 radical (unpaired) electrons. The van der Waals surface area contributed by atoms with Crippen LogP contribution in [0.5, 0.6) is 0 Å². The Kier molecular flexibility index (Phi) is 1.95. The molecular formula is C12H11FN4. The molecule has 0 bridgehead atoms. The summed E-state index contributed by atoms with van der Waals surface area (Å²) in [6.07, 6.45) is 1.81. The van der Waals surface area contributed by atoms with Gasteiger partial charge in [0.2, 0.25) is 0 Å². The average molecular weight is 230 g/mol. The summed E-state index contributed by atoms with van der Waals surface area (Å²) in [7, 11) is 1.79. The predicted molar refractivity (Wildman–Crippen MR) is 64.9 cm³/mol. The van der Waals surface area contributed by atoms with E-state index in [1.807, 2.05) is 6.20 Å². The molecule has 0 atom stereocenters. The first-order valence-corrected chi connectivity index (χ1v) is 5.21. The van der Waals surface area contributed by atoms with Crippen LogP contribution in [0.15, 0.2) is 30.5 Å². The number of anilines is 1. The monoisotopic (exact) mass is 230 g/mol. The van der Waals surface area contributed by atoms with E-state index in [1.54, 1.807) is 23.9 Å². The molecule has 2 heterocycles. The zero-order valence-electron chi connectivity index (χ0n) is 9.24. The number of fused-ring (bicyclic) bond motifs is 1. The second-order valence-corrected chi connectivity index (χ2v) is 3.97. The Hall–Kier alpha value is -2.30. The van der Waals surface area contributed by atoms with Crippen molar-refractivity contribution in [3.8, 4) is 11.3 Å². The van der Waals surface area contributed by atoms with Crippen molar-refractivity contribution in [3.63, 3.8) is 0 Å². The predicted octanol–water partition coefficient (Wildman–Crippen LogP) is 2.29. The first-order valence-electron chi connectivity index (χ1n) is 5.21. The third kappa shape index (κ3) is 1.47. The van der Waals surface area contributed by atoms with Crippen LogP contribution in [0.1, 0.15) is 0 Å². The molecule has 3 aromatic rings. The van der Waals surface area contributed by atoms with E-state index in [-0.39, 0.29) is 5.82 Å². The van der Waals surface area contributed by atoms with Gasteiger partial charge >= 0.3 is 0 Å². The van der Waals surface area contributed by atoms with Crippen molar-refractivity contribution in [1.29, 1.82) is 0 Å². The molecule has 86 valence electrons. The van der Waals surface area contributed by atoms with Crippen molar-refractivity contribution >= 4 is 16.7 Å². The van der Waals surface area contributed by atoms with Gasteiger partial charge in [-0.3, -0.25) is 4.68 Å². The van der Waals surface area contributed by atoms with E-state index in [4.69, 9.17) is 5.73 Å². The van der Waals surface area contributed by atoms with Gasteiger partial charge in [-0.05, 0) is 18.2 Å². The third-order valence-corrected chi connectivity index (χ3v) is 2.84. The summed E-state index contributed by atoms with van der Waals surface area (Å²) in [4.78, 5) is 3.03. The summed E-state index contributed by atoms with van der Waals surface area (Å²) in [6, 6.07) is 6.43. The lowest BCUT2D eigenvalue weighted by molar-refractivity contribution is 0.629. The van der Waals surface area contributed by atoms with Crippen LogP contribution in [-0.4, -0.2) is 14.8 Å². The van der Waals surface area contributed by atoms with Crippen LogP contribution in [0.25, 0.3) is 22.2 Å². The van der Waals surface area contributed by atoms with E-state index in [1.165, 1.54) is 12.1 Å². The molecule has 5 heteroatoms. The third-order valence-electron chi connectivity index (χ3n) is 2.84. The molecular weight excluding hydrogens is 219 g/mol. The maximum Gasteiger partial charge on any atom is 0.125 e. The number of aromatic amines is 1. The fourth-order valence-electron chi connectivity index (χ4n) is 1.92. The number of hydrogen-bond donors (Lipinski definition) is 2. The average Bonchev–Trinajstić information content (AvgIpc) is 2.83. The van der Waals surface area contributed by atoms with E-state index >= 15 is 0 Å². The molecule has 0 aliphatic heterocycles. The van der Waals surface area contributed by atoms with Crippen molar-refractivity contribution in [1.82, 2.24) is 14.8 Å². The number of hydrogen-bond acceptors (Lipinski definition) is 2. The van der Waals surface area contributed by atoms with E-state index in [0.717, 1.165) is 22.2 Å². The molecule has 3 rings (SSSR count). The fraction of sp³-hybridized carbons (Fsp3) is 0.0833. The number of nitrogens with zero attached hydrogens (tertiary/aromatic N) is 2. The highest BCUT2D eigenvalue weighted by Crippen LogP contribution is 2.28. The van der Waals surface area contributed by atoms with E-state index < -0.39 is 0 Å². The number of nitrogens with one attached hydrogen (secondary N) is 1. The zero-order valence-corrected chi connectivity index (χ0v) is 9.24. The van der Waals surface area contributed by atoms with Gasteiger partial charge in [-0.2, -0.15) is 5.10 Å². The number of nitrogen functional groups attached to an aromatic ring is 1. The van der Waals surface area contributed by atoms with Crippen molar-refractivity contribution in [2.45, 2.75) is 0 Å². The highest BCUT2D eigenvalue weighted by Gasteiger charge is 2.10. The highest BCUT2D eigenvalue weighted by atomic mass is 19.1. The normalized spacial score (nSPS) is 11.2. The smallest absolute Gasteiger partial charge is 0.125 e. The minimum absolute atomic E-state index is 0.258. The maximum atomic E-state index is 13.1. The number of benzene rings is 1. The van der Waals surface area contributed by atoms with Crippen molar-refractivity contribution in [2.75, 3.05) is 5.73 Å². The lowest BCUT2D eigenvalue weighted by Gasteiger charge is -1.94. The first kappa shape index (κ1) is 9.89. The minimum atomic E-state index is -0.258. The van der Waals surface area contributed by atoms with Crippen molar-refractivity contribution in [3.05, 3.63) is 36.3 Å². The summed E-state index contributed by atoms with van der Waals surface area (Å²) in [5, 5.41) is 5.24. The van der Waals surface area contributed by atoms with Crippen LogP contribution in [0.2, 0.25) is 0 Å². The molecule has 0 amide bonds. The SMILES string of the molecule is Cn1nc(-c2c[nH]c3cc(F)ccc23)cc1N. The van der Waals surface area contributed by atoms with Gasteiger partial charge in [-0.1, -0.05) is 0 Å². The van der Waals surface area contributed by atoms with E-state index in [9.17, 15) is 4.39 Å². The van der Waals surface area contributed by atoms with Crippen LogP contribution in [0.3, 0.4) is 0 Å². The Labute approximate surface area is 96.9 Å². The number of aromatic nitrogens is 3. The molecule has 0 saturated carbocycles. The Morgan fingerprint density at radius 1 is 1.35 bits per heavy atom. The Bertz CT molecular complexity index is 676. The molecule has 4 nitrogen and oxygen atoms in total. The number of rotatable bonds is 1. The summed E-state index contributed by atoms with van der Waals surface area (Å²) in [6.45, 7) is 0. The second-order valence-electron chi connectivity index (χ2n) is 3.97. The lowest BCUT2D eigenvalue weighted by Crippen LogP contribution is -1.96. The number of nitrogens with two attached hydrogens (primary N) is 1. The second kappa shape index (κ2) is 3.35. The highest BCUT2D eigenvalue weighted by molar-refractivity contribution is 5.94. The molecule has 0 aliphatic carbocycles. The molecule has 3 N–H and O–H groups in total. The summed E-state index contributed by atoms with van der Waals surface area (Å²) >= 11 is 0. The quantitative estimate of drug-likeness (QED) is 0.673. The van der Waals surface area contributed by atoms with Crippen LogP contribution in [-0.2, 0) is 7.05 Å². The Morgan fingerprint density at radius 2 is 2.18 bits per heavy atom. The molecule has 17 heavy (non-hydrogen) atoms. The zero-order chi connectivity index (χ0) is 12.0. The molecule has 1 aromatic carbocycles. The van der Waals surface area contributed by atoms with E-state index in [2.05, 4.69) is 10.1 Å². The van der Waals surface area contributed by atoms with Gasteiger partial charge < -0.3 is 10.7 Å². The maximum absolute atomic E-state index is 13.1. The number of aryl methyl sites for hydroxylation is 1. The topological polar surface area (TPSA) is 59.6 Å². The van der Waals surface area contributed by atoms with Gasteiger partial charge in [-0.15, -0.1) is 0 Å². The molecule has 0 unspecified atom stereocenters. The van der Waals surface area contributed by atoms with Crippen LogP contribution >= 0.6 is 0 Å². The molecule has 0 aliphatic rings. The lowest BCUT2D eigenvalue weighted by atomic mass is 10.1. The van der Waals surface area contributed by atoms with Gasteiger partial charge in [0.25, 0.3) is 0 Å². The molecule has 0 fully saturated rings. The van der Waals surface area contributed by atoms with Gasteiger partial charge in [0.1, 0.15) is 11.6 Å². The largest absolute Gasteiger partial charge is 0.384 e. The first-order chi connectivity index (χ1) is 8.15. The number of H-pyrrole nitrogens is 1. The van der Waals surface area contributed by atoms with Gasteiger partial charge in [0, 0.05) is 35.8 Å². The Balaban J connectivity index is 2.24. The van der Waals surface area contributed by atoms with E-state index in [0.29, 0.717) is 5.82 Å². The van der Waals surface area contributed by atoms with Gasteiger partial charge in [-0.25, -0.2) is 4.39 Å². The Morgan fingerprint density at radius 3 is 2.88 bits per heavy atom. The van der Waals surface area contributed by atoms with Crippen molar-refractivity contribution < 1.29 is 4.39 Å². The summed E-state index contributed by atoms with van der Waals surface area (Å²) < 4.78 is 14.7. The van der Waals surface area contributed by atoms with Crippen LogP contribution in [0.4, 0.5) is 10.2 Å². The molecule has 0 saturated heterocycles. The van der Waals surface area contributed by atoms with Crippen molar-refractivity contribution in [2.24, 2.45) is 7.05 Å². The van der Waals surface area contributed by atoms with Crippen LogP contribution in [0, 0.1) is 5.82 Å². The standard InChI is InChI=1S/C12H11FN4/c1-17-12(14)5-11(16-17)9-6-15-10-4-7(13)2-3-8(9)10/h2-6,15H,14H2,1H3. The van der Waals surface area contributed by atoms with Gasteiger partial charge in [0.15, 0.2) is 0 Å². The fourth-order valence-corrected chi connectivity index (χ4v) is 1.92. The molecule has 0 spiro atoms. The number of halogens is 1. The molecule has 2 aromatic heterocycles.